The molecule has 4 nitrogen and oxygen atoms in total. The molecule has 92 valence electrons. The second-order valence-corrected chi connectivity index (χ2v) is 4.76. The van der Waals surface area contributed by atoms with E-state index in [1.807, 2.05) is 22.6 Å². The van der Waals surface area contributed by atoms with Gasteiger partial charge >= 0.3 is 0 Å². The third kappa shape index (κ3) is 2.94. The Labute approximate surface area is 121 Å². The highest BCUT2D eigenvalue weighted by Crippen LogP contribution is 2.21. The van der Waals surface area contributed by atoms with Gasteiger partial charge < -0.3 is 5.32 Å². The van der Waals surface area contributed by atoms with Crippen molar-refractivity contribution in [1.29, 1.82) is 0 Å². The summed E-state index contributed by atoms with van der Waals surface area (Å²) in [4.78, 5) is 11.8. The molecule has 2 rings (SSSR count). The van der Waals surface area contributed by atoms with E-state index >= 15 is 0 Å². The minimum atomic E-state index is -0.470. The van der Waals surface area contributed by atoms with Crippen LogP contribution in [0.4, 0.5) is 10.1 Å². The molecule has 1 aromatic heterocycles. The first-order chi connectivity index (χ1) is 8.58. The van der Waals surface area contributed by atoms with Crippen LogP contribution in [0.3, 0.4) is 0 Å². The Hall–Kier alpha value is -1.28. The van der Waals surface area contributed by atoms with Gasteiger partial charge in [0, 0.05) is 0 Å². The quantitative estimate of drug-likeness (QED) is 0.818. The molecule has 18 heavy (non-hydrogen) atoms. The molecule has 1 aromatic carbocycles. The van der Waals surface area contributed by atoms with Gasteiger partial charge in [0.15, 0.2) is 10.8 Å². The lowest BCUT2D eigenvalue weighted by Gasteiger charge is -2.06. The van der Waals surface area contributed by atoms with E-state index in [2.05, 4.69) is 15.5 Å². The van der Waals surface area contributed by atoms with Gasteiger partial charge in [0.05, 0.1) is 9.26 Å². The Kier molecular flexibility index (Phi) is 4.07. The topological polar surface area (TPSA) is 54.9 Å². The van der Waals surface area contributed by atoms with Crippen LogP contribution in [0.15, 0.2) is 30.3 Å². The summed E-state index contributed by atoms with van der Waals surface area (Å²) >= 11 is 7.38. The molecule has 1 heterocycles. The first-order valence-electron chi connectivity index (χ1n) is 4.82. The molecule has 0 saturated heterocycles. The minimum absolute atomic E-state index is 0.111. The third-order valence-corrected chi connectivity index (χ3v) is 3.36. The second kappa shape index (κ2) is 5.57. The summed E-state index contributed by atoms with van der Waals surface area (Å²) in [7, 11) is 0. The van der Waals surface area contributed by atoms with Crippen LogP contribution in [0, 0.1) is 9.39 Å². The largest absolute Gasteiger partial charge is 0.320 e. The summed E-state index contributed by atoms with van der Waals surface area (Å²) in [5.74, 6) is -0.863. The Bertz CT molecular complexity index is 591. The van der Waals surface area contributed by atoms with E-state index in [4.69, 9.17) is 11.6 Å². The van der Waals surface area contributed by atoms with E-state index in [0.29, 0.717) is 9.26 Å². The number of hydrogen-bond donors (Lipinski definition) is 1. The fourth-order valence-corrected chi connectivity index (χ4v) is 1.82. The third-order valence-electron chi connectivity index (χ3n) is 2.06. The van der Waals surface area contributed by atoms with Gasteiger partial charge in [-0.2, -0.15) is 0 Å². The van der Waals surface area contributed by atoms with Gasteiger partial charge in [-0.15, -0.1) is 10.2 Å². The SMILES string of the molecule is O=C(Nc1cccc(F)c1I)c1ccc(Cl)nn1. The highest BCUT2D eigenvalue weighted by atomic mass is 127. The number of nitrogens with zero attached hydrogens (tertiary/aromatic N) is 2. The van der Waals surface area contributed by atoms with Crippen LogP contribution in [0.5, 0.6) is 0 Å². The molecule has 0 aliphatic heterocycles. The molecule has 0 unspecified atom stereocenters. The zero-order valence-corrected chi connectivity index (χ0v) is 11.7. The van der Waals surface area contributed by atoms with Gasteiger partial charge in [-0.3, -0.25) is 4.79 Å². The van der Waals surface area contributed by atoms with Gasteiger partial charge in [-0.25, -0.2) is 4.39 Å². The molecule has 7 heteroatoms. The summed E-state index contributed by atoms with van der Waals surface area (Å²) in [5, 5.41) is 9.95. The lowest BCUT2D eigenvalue weighted by molar-refractivity contribution is 0.102. The van der Waals surface area contributed by atoms with Gasteiger partial charge in [0.25, 0.3) is 5.91 Å². The molecular weight excluding hydrogens is 371 g/mol. The number of benzene rings is 1. The van der Waals surface area contributed by atoms with Crippen molar-refractivity contribution in [1.82, 2.24) is 10.2 Å². The monoisotopic (exact) mass is 377 g/mol. The first-order valence-corrected chi connectivity index (χ1v) is 6.28. The maximum absolute atomic E-state index is 13.3. The minimum Gasteiger partial charge on any atom is -0.320 e. The van der Waals surface area contributed by atoms with Gasteiger partial charge in [0.2, 0.25) is 0 Å². The molecule has 0 bridgehead atoms. The maximum Gasteiger partial charge on any atom is 0.276 e. The number of anilines is 1. The molecule has 0 saturated carbocycles. The average molecular weight is 378 g/mol. The van der Waals surface area contributed by atoms with Crippen molar-refractivity contribution in [3.63, 3.8) is 0 Å². The van der Waals surface area contributed by atoms with E-state index in [9.17, 15) is 9.18 Å². The van der Waals surface area contributed by atoms with Crippen LogP contribution in [0.25, 0.3) is 0 Å². The standard InChI is InChI=1S/C11H6ClFIN3O/c12-9-5-4-8(16-17-9)11(18)15-7-3-1-2-6(13)10(7)14/h1-5H,(H,15,18). The van der Waals surface area contributed by atoms with Crippen LogP contribution >= 0.6 is 34.2 Å². The van der Waals surface area contributed by atoms with E-state index in [1.54, 1.807) is 6.07 Å². The van der Waals surface area contributed by atoms with E-state index in [1.165, 1.54) is 24.3 Å². The summed E-state index contributed by atoms with van der Waals surface area (Å²) < 4.78 is 13.6. The fraction of sp³-hybridized carbons (Fsp3) is 0. The lowest BCUT2D eigenvalue weighted by atomic mass is 10.3. The zero-order chi connectivity index (χ0) is 13.1. The number of aromatic nitrogens is 2. The molecule has 2 aromatic rings. The first kappa shape index (κ1) is 13.2. The van der Waals surface area contributed by atoms with Crippen LogP contribution in [-0.2, 0) is 0 Å². The Morgan fingerprint density at radius 2 is 2.06 bits per heavy atom. The smallest absolute Gasteiger partial charge is 0.276 e. The van der Waals surface area contributed by atoms with Crippen LogP contribution in [-0.4, -0.2) is 16.1 Å². The van der Waals surface area contributed by atoms with E-state index in [0.717, 1.165) is 0 Å². The van der Waals surface area contributed by atoms with E-state index < -0.39 is 11.7 Å². The van der Waals surface area contributed by atoms with Crippen molar-refractivity contribution in [2.45, 2.75) is 0 Å². The van der Waals surface area contributed by atoms with Crippen LogP contribution < -0.4 is 5.32 Å². The van der Waals surface area contributed by atoms with Crippen molar-refractivity contribution in [3.05, 3.63) is 50.6 Å². The normalized spacial score (nSPS) is 10.2. The summed E-state index contributed by atoms with van der Waals surface area (Å²) in [6.07, 6.45) is 0. The molecule has 0 aliphatic rings. The van der Waals surface area contributed by atoms with Crippen molar-refractivity contribution in [2.75, 3.05) is 5.32 Å². The summed E-state index contributed by atoms with van der Waals surface area (Å²) in [6.45, 7) is 0. The molecule has 0 fully saturated rings. The highest BCUT2D eigenvalue weighted by Gasteiger charge is 2.11. The summed E-state index contributed by atoms with van der Waals surface area (Å²) in [5.41, 5.74) is 0.497. The molecule has 0 aliphatic carbocycles. The predicted molar refractivity (Wildman–Crippen MR) is 74.1 cm³/mol. The van der Waals surface area contributed by atoms with Gasteiger partial charge in [-0.05, 0) is 46.9 Å². The van der Waals surface area contributed by atoms with Crippen molar-refractivity contribution >= 4 is 45.8 Å². The number of carbonyl (C=O) groups is 1. The Balaban J connectivity index is 2.21. The number of rotatable bonds is 2. The van der Waals surface area contributed by atoms with Crippen LogP contribution in [0.2, 0.25) is 5.15 Å². The molecular formula is C11H6ClFIN3O. The number of nitrogens with one attached hydrogen (secondary N) is 1. The van der Waals surface area contributed by atoms with Gasteiger partial charge in [0.1, 0.15) is 5.82 Å². The van der Waals surface area contributed by atoms with Crippen molar-refractivity contribution < 1.29 is 9.18 Å². The molecule has 0 atom stereocenters. The average Bonchev–Trinajstić information content (AvgIpc) is 2.36. The highest BCUT2D eigenvalue weighted by molar-refractivity contribution is 14.1. The van der Waals surface area contributed by atoms with E-state index in [-0.39, 0.29) is 10.8 Å². The number of amides is 1. The van der Waals surface area contributed by atoms with Crippen LogP contribution in [0.1, 0.15) is 10.5 Å². The lowest BCUT2D eigenvalue weighted by Crippen LogP contribution is -2.15. The van der Waals surface area contributed by atoms with Crippen molar-refractivity contribution in [3.8, 4) is 0 Å². The van der Waals surface area contributed by atoms with Gasteiger partial charge in [-0.1, -0.05) is 17.7 Å². The molecule has 1 N–H and O–H groups in total. The zero-order valence-electron chi connectivity index (χ0n) is 8.82. The number of halogens is 3. The maximum atomic E-state index is 13.3. The molecule has 0 radical (unpaired) electrons. The number of carbonyl (C=O) groups excluding carboxylic acids is 1. The number of hydrogen-bond acceptors (Lipinski definition) is 3. The Morgan fingerprint density at radius 3 is 2.72 bits per heavy atom. The molecule has 0 spiro atoms. The summed E-state index contributed by atoms with van der Waals surface area (Å²) in [6, 6.07) is 7.34. The van der Waals surface area contributed by atoms with Crippen molar-refractivity contribution in [2.24, 2.45) is 0 Å². The Morgan fingerprint density at radius 1 is 1.28 bits per heavy atom. The predicted octanol–water partition coefficient (Wildman–Crippen LogP) is 3.13. The second-order valence-electron chi connectivity index (χ2n) is 3.30. The molecule has 1 amide bonds. The fourth-order valence-electron chi connectivity index (χ4n) is 1.22.